The number of esters is 1. The highest BCUT2D eigenvalue weighted by Crippen LogP contribution is 2.29. The van der Waals surface area contributed by atoms with E-state index in [1.807, 2.05) is 32.9 Å². The maximum absolute atomic E-state index is 12.3. The minimum absolute atomic E-state index is 0.0138. The first-order chi connectivity index (χ1) is 13.6. The number of nitrogens with zero attached hydrogens (tertiary/aromatic N) is 3. The maximum atomic E-state index is 12.3. The molecule has 7 heteroatoms. The average Bonchev–Trinajstić information content (AvgIpc) is 2.96. The highest BCUT2D eigenvalue weighted by molar-refractivity contribution is 9.10. The van der Waals surface area contributed by atoms with Crippen molar-refractivity contribution in [2.75, 3.05) is 0 Å². The van der Waals surface area contributed by atoms with Crippen LogP contribution in [0.2, 0.25) is 0 Å². The van der Waals surface area contributed by atoms with Crippen LogP contribution in [-0.4, -0.2) is 31.9 Å². The van der Waals surface area contributed by atoms with E-state index in [4.69, 9.17) is 4.74 Å². The van der Waals surface area contributed by atoms with Gasteiger partial charge in [0, 0.05) is 39.6 Å². The molecule has 0 N–H and O–H groups in total. The van der Waals surface area contributed by atoms with Crippen LogP contribution in [-0.2, 0) is 16.1 Å². The minimum atomic E-state index is -0.575. The molecular formula is C22H20BrN3O3. The summed E-state index contributed by atoms with van der Waals surface area (Å²) < 4.78 is 7.90. The van der Waals surface area contributed by atoms with Crippen LogP contribution in [0.5, 0.6) is 0 Å². The SMILES string of the molecule is CC(=O)c1cn(CC(=O)OC(C)(C)C)c2cc(Br)c(C#Cc3cncnc3)cc12. The Morgan fingerprint density at radius 3 is 2.48 bits per heavy atom. The highest BCUT2D eigenvalue weighted by atomic mass is 79.9. The molecule has 29 heavy (non-hydrogen) atoms. The summed E-state index contributed by atoms with van der Waals surface area (Å²) in [6.07, 6.45) is 6.39. The first-order valence-corrected chi connectivity index (χ1v) is 9.75. The summed E-state index contributed by atoms with van der Waals surface area (Å²) in [5, 5.41) is 0.734. The van der Waals surface area contributed by atoms with E-state index in [-0.39, 0.29) is 18.3 Å². The van der Waals surface area contributed by atoms with Crippen molar-refractivity contribution < 1.29 is 14.3 Å². The van der Waals surface area contributed by atoms with Crippen molar-refractivity contribution in [1.29, 1.82) is 0 Å². The lowest BCUT2D eigenvalue weighted by atomic mass is 10.1. The number of ether oxygens (including phenoxy) is 1. The molecule has 0 aliphatic heterocycles. The van der Waals surface area contributed by atoms with Crippen LogP contribution in [0.15, 0.2) is 41.5 Å². The molecule has 6 nitrogen and oxygen atoms in total. The Bertz CT molecular complexity index is 1150. The second-order valence-electron chi connectivity index (χ2n) is 7.54. The second-order valence-corrected chi connectivity index (χ2v) is 8.39. The Morgan fingerprint density at radius 2 is 1.86 bits per heavy atom. The van der Waals surface area contributed by atoms with Gasteiger partial charge in [0.05, 0.1) is 11.1 Å². The van der Waals surface area contributed by atoms with Crippen LogP contribution in [0.4, 0.5) is 0 Å². The largest absolute Gasteiger partial charge is 0.459 e. The molecule has 3 rings (SSSR count). The lowest BCUT2D eigenvalue weighted by Gasteiger charge is -2.19. The molecule has 148 valence electrons. The Labute approximate surface area is 177 Å². The summed E-state index contributed by atoms with van der Waals surface area (Å²) in [6.45, 7) is 6.97. The Kier molecular flexibility index (Phi) is 5.85. The number of ketones is 1. The van der Waals surface area contributed by atoms with E-state index in [2.05, 4.69) is 37.7 Å². The van der Waals surface area contributed by atoms with Crippen LogP contribution >= 0.6 is 15.9 Å². The van der Waals surface area contributed by atoms with E-state index in [1.54, 1.807) is 23.2 Å². The molecule has 0 aliphatic rings. The molecule has 0 bridgehead atoms. The van der Waals surface area contributed by atoms with Crippen molar-refractivity contribution in [2.45, 2.75) is 39.8 Å². The van der Waals surface area contributed by atoms with E-state index in [1.165, 1.54) is 13.3 Å². The summed E-state index contributed by atoms with van der Waals surface area (Å²) in [6, 6.07) is 3.70. The van der Waals surface area contributed by atoms with Crippen molar-refractivity contribution in [2.24, 2.45) is 0 Å². The fraction of sp³-hybridized carbons (Fsp3) is 0.273. The number of hydrogen-bond acceptors (Lipinski definition) is 5. The van der Waals surface area contributed by atoms with Gasteiger partial charge in [-0.3, -0.25) is 9.59 Å². The van der Waals surface area contributed by atoms with Crippen molar-refractivity contribution in [3.8, 4) is 11.8 Å². The number of rotatable bonds is 3. The van der Waals surface area contributed by atoms with E-state index in [0.29, 0.717) is 11.1 Å². The number of carbonyl (C=O) groups excluding carboxylic acids is 2. The van der Waals surface area contributed by atoms with Crippen molar-refractivity contribution >= 4 is 38.6 Å². The number of halogens is 1. The molecule has 0 fully saturated rings. The van der Waals surface area contributed by atoms with Gasteiger partial charge >= 0.3 is 5.97 Å². The number of benzene rings is 1. The van der Waals surface area contributed by atoms with Gasteiger partial charge < -0.3 is 9.30 Å². The molecule has 0 unspecified atom stereocenters. The van der Waals surface area contributed by atoms with E-state index < -0.39 is 5.60 Å². The van der Waals surface area contributed by atoms with Gasteiger partial charge in [0.25, 0.3) is 0 Å². The lowest BCUT2D eigenvalue weighted by Crippen LogP contribution is -2.26. The van der Waals surface area contributed by atoms with Gasteiger partial charge in [0.2, 0.25) is 0 Å². The molecule has 2 aromatic heterocycles. The van der Waals surface area contributed by atoms with Gasteiger partial charge in [-0.1, -0.05) is 11.8 Å². The van der Waals surface area contributed by atoms with Crippen molar-refractivity contribution in [3.05, 3.63) is 58.2 Å². The van der Waals surface area contributed by atoms with E-state index >= 15 is 0 Å². The van der Waals surface area contributed by atoms with Gasteiger partial charge in [-0.15, -0.1) is 0 Å². The van der Waals surface area contributed by atoms with Crippen LogP contribution in [0, 0.1) is 11.8 Å². The molecule has 1 aromatic carbocycles. The number of fused-ring (bicyclic) bond motifs is 1. The van der Waals surface area contributed by atoms with Crippen molar-refractivity contribution in [1.82, 2.24) is 14.5 Å². The number of Topliss-reactive ketones (excluding diaryl/α,β-unsaturated/α-hetero) is 1. The summed E-state index contributed by atoms with van der Waals surface area (Å²) in [5.41, 5.74) is 2.12. The molecule has 0 radical (unpaired) electrons. The minimum Gasteiger partial charge on any atom is -0.459 e. The first kappa shape index (κ1) is 20.7. The molecule has 0 atom stereocenters. The fourth-order valence-electron chi connectivity index (χ4n) is 2.83. The third kappa shape index (κ3) is 5.09. The summed E-state index contributed by atoms with van der Waals surface area (Å²) in [5.74, 6) is 5.63. The van der Waals surface area contributed by atoms with E-state index in [9.17, 15) is 9.59 Å². The van der Waals surface area contributed by atoms with Gasteiger partial charge in [-0.05, 0) is 55.8 Å². The molecule has 2 heterocycles. The Balaban J connectivity index is 2.04. The Hall–Kier alpha value is -2.98. The van der Waals surface area contributed by atoms with Crippen LogP contribution < -0.4 is 0 Å². The first-order valence-electron chi connectivity index (χ1n) is 8.96. The third-order valence-corrected chi connectivity index (χ3v) is 4.63. The predicted molar refractivity (Wildman–Crippen MR) is 113 cm³/mol. The smallest absolute Gasteiger partial charge is 0.326 e. The standard InChI is InChI=1S/C22H20BrN3O3/c1-14(27)18-11-26(12-21(28)29-22(2,3)4)20-8-19(23)16(7-17(18)20)6-5-15-9-24-13-25-10-15/h7-11,13H,12H2,1-4H3. The number of hydrogen-bond donors (Lipinski definition) is 0. The Morgan fingerprint density at radius 1 is 1.17 bits per heavy atom. The van der Waals surface area contributed by atoms with Crippen molar-refractivity contribution in [3.63, 3.8) is 0 Å². The number of aromatic nitrogens is 3. The van der Waals surface area contributed by atoms with Gasteiger partial charge in [-0.2, -0.15) is 0 Å². The summed E-state index contributed by atoms with van der Waals surface area (Å²) >= 11 is 3.54. The zero-order valence-corrected chi connectivity index (χ0v) is 18.2. The highest BCUT2D eigenvalue weighted by Gasteiger charge is 2.20. The second kappa shape index (κ2) is 8.18. The average molecular weight is 454 g/mol. The zero-order chi connectivity index (χ0) is 21.2. The topological polar surface area (TPSA) is 74.1 Å². The predicted octanol–water partition coefficient (Wildman–Crippen LogP) is 4.14. The van der Waals surface area contributed by atoms with Gasteiger partial charge in [0.15, 0.2) is 5.78 Å². The third-order valence-electron chi connectivity index (χ3n) is 3.97. The summed E-state index contributed by atoms with van der Waals surface area (Å²) in [4.78, 5) is 32.3. The van der Waals surface area contributed by atoms with Gasteiger partial charge in [0.1, 0.15) is 18.5 Å². The van der Waals surface area contributed by atoms with E-state index in [0.717, 1.165) is 20.9 Å². The van der Waals surface area contributed by atoms with Crippen LogP contribution in [0.3, 0.4) is 0 Å². The molecule has 0 spiro atoms. The van der Waals surface area contributed by atoms with Gasteiger partial charge in [-0.25, -0.2) is 9.97 Å². The summed E-state index contributed by atoms with van der Waals surface area (Å²) in [7, 11) is 0. The van der Waals surface area contributed by atoms with Crippen LogP contribution in [0.1, 0.15) is 49.2 Å². The molecule has 0 saturated heterocycles. The zero-order valence-electron chi connectivity index (χ0n) is 16.6. The lowest BCUT2D eigenvalue weighted by molar-refractivity contribution is -0.155. The molecule has 0 amide bonds. The molecule has 0 aliphatic carbocycles. The fourth-order valence-corrected chi connectivity index (χ4v) is 3.26. The maximum Gasteiger partial charge on any atom is 0.326 e. The quantitative estimate of drug-likeness (QED) is 0.338. The monoisotopic (exact) mass is 453 g/mol. The molecular weight excluding hydrogens is 434 g/mol. The number of carbonyl (C=O) groups is 2. The normalized spacial score (nSPS) is 11.1. The molecule has 3 aromatic rings. The molecule has 0 saturated carbocycles. The van der Waals surface area contributed by atoms with Crippen LogP contribution in [0.25, 0.3) is 10.9 Å².